The fourth-order valence-electron chi connectivity index (χ4n) is 3.63. The summed E-state index contributed by atoms with van der Waals surface area (Å²) in [4.78, 5) is 23.2. The molecule has 1 atom stereocenters. The van der Waals surface area contributed by atoms with Crippen molar-refractivity contribution in [1.82, 2.24) is 20.0 Å². The number of amides is 1. The third-order valence-corrected chi connectivity index (χ3v) is 5.86. The van der Waals surface area contributed by atoms with Gasteiger partial charge in [-0.05, 0) is 32.8 Å². The van der Waals surface area contributed by atoms with Crippen LogP contribution in [0.3, 0.4) is 0 Å². The van der Waals surface area contributed by atoms with E-state index >= 15 is 0 Å². The molecule has 0 aromatic carbocycles. The van der Waals surface area contributed by atoms with Crippen LogP contribution in [0.5, 0.6) is 0 Å². The first-order chi connectivity index (χ1) is 13.3. The second-order valence-electron chi connectivity index (χ2n) is 6.91. The van der Waals surface area contributed by atoms with Crippen molar-refractivity contribution in [3.8, 4) is 0 Å². The molecule has 1 aliphatic rings. The van der Waals surface area contributed by atoms with E-state index in [9.17, 15) is 18.0 Å². The molecule has 4 heterocycles. The van der Waals surface area contributed by atoms with Crippen molar-refractivity contribution < 1.29 is 22.5 Å². The summed E-state index contributed by atoms with van der Waals surface area (Å²) in [6.45, 7) is 4.07. The van der Waals surface area contributed by atoms with Gasteiger partial charge in [-0.1, -0.05) is 5.16 Å². The molecule has 1 saturated heterocycles. The Kier molecular flexibility index (Phi) is 4.60. The highest BCUT2D eigenvalue weighted by Crippen LogP contribution is 2.40. The second-order valence-corrected chi connectivity index (χ2v) is 7.77. The van der Waals surface area contributed by atoms with Gasteiger partial charge < -0.3 is 9.42 Å². The van der Waals surface area contributed by atoms with Crippen molar-refractivity contribution in [3.63, 3.8) is 0 Å². The Hall–Kier alpha value is -2.49. The number of hydrogen-bond acceptors (Lipinski definition) is 6. The molecule has 1 fully saturated rings. The third kappa shape index (κ3) is 3.25. The summed E-state index contributed by atoms with van der Waals surface area (Å²) < 4.78 is 45.9. The molecule has 3 aromatic heterocycles. The number of nitrogens with zero attached hydrogens (tertiary/aromatic N) is 4. The summed E-state index contributed by atoms with van der Waals surface area (Å²) in [5.74, 6) is -0.500. The molecular formula is C18H17F3N4O2S. The average Bonchev–Trinajstić information content (AvgIpc) is 3.25. The highest BCUT2D eigenvalue weighted by Gasteiger charge is 2.38. The molecule has 10 heteroatoms. The number of carbonyl (C=O) groups is 1. The maximum Gasteiger partial charge on any atom is 0.417 e. The highest BCUT2D eigenvalue weighted by molar-refractivity contribution is 7.11. The van der Waals surface area contributed by atoms with Crippen molar-refractivity contribution >= 4 is 28.3 Å². The Labute approximate surface area is 162 Å². The Morgan fingerprint density at radius 1 is 1.36 bits per heavy atom. The van der Waals surface area contributed by atoms with Crippen molar-refractivity contribution in [3.05, 3.63) is 39.1 Å². The second kappa shape index (κ2) is 6.84. The fourth-order valence-corrected chi connectivity index (χ4v) is 4.40. The van der Waals surface area contributed by atoms with Crippen LogP contribution in [0.25, 0.3) is 11.1 Å². The predicted octanol–water partition coefficient (Wildman–Crippen LogP) is 4.33. The number of alkyl halides is 3. The van der Waals surface area contributed by atoms with Gasteiger partial charge in [-0.2, -0.15) is 13.2 Å². The molecule has 0 unspecified atom stereocenters. The van der Waals surface area contributed by atoms with E-state index in [1.54, 1.807) is 17.3 Å². The van der Waals surface area contributed by atoms with Gasteiger partial charge in [0.1, 0.15) is 4.88 Å². The van der Waals surface area contributed by atoms with Gasteiger partial charge in [0.2, 0.25) is 0 Å². The summed E-state index contributed by atoms with van der Waals surface area (Å²) >= 11 is 1.26. The molecule has 0 saturated carbocycles. The molecule has 0 aliphatic carbocycles. The number of carbonyl (C=O) groups excluding carboxylic acids is 1. The number of halogens is 3. The molecule has 0 radical (unpaired) electrons. The predicted molar refractivity (Wildman–Crippen MR) is 96.3 cm³/mol. The third-order valence-electron chi connectivity index (χ3n) is 4.94. The fraction of sp³-hybridized carbons (Fsp3) is 0.444. The van der Waals surface area contributed by atoms with Crippen molar-refractivity contribution in [2.24, 2.45) is 0 Å². The Balaban J connectivity index is 1.70. The van der Waals surface area contributed by atoms with Crippen LogP contribution < -0.4 is 0 Å². The number of pyridine rings is 1. The number of hydrogen-bond donors (Lipinski definition) is 0. The molecule has 1 amide bonds. The zero-order chi connectivity index (χ0) is 20.1. The Morgan fingerprint density at radius 2 is 2.14 bits per heavy atom. The maximum absolute atomic E-state index is 13.6. The summed E-state index contributed by atoms with van der Waals surface area (Å²) in [6, 6.07) is 1.01. The van der Waals surface area contributed by atoms with E-state index in [1.807, 2.05) is 0 Å². The van der Waals surface area contributed by atoms with E-state index in [0.29, 0.717) is 30.0 Å². The minimum Gasteiger partial charge on any atom is -0.337 e. The highest BCUT2D eigenvalue weighted by atomic mass is 32.1. The van der Waals surface area contributed by atoms with Crippen LogP contribution in [0.4, 0.5) is 13.2 Å². The van der Waals surface area contributed by atoms with Gasteiger partial charge in [0.05, 0.1) is 27.8 Å². The first kappa shape index (κ1) is 18.9. The molecule has 0 spiro atoms. The van der Waals surface area contributed by atoms with Crippen LogP contribution in [-0.2, 0) is 6.18 Å². The SMILES string of the molecule is Cc1cc(C(F)(F)F)c2c([C@H]3CCCN(C(=O)c4scnc4C)C3)noc2n1. The molecule has 0 bridgehead atoms. The maximum atomic E-state index is 13.6. The minimum absolute atomic E-state index is 0.105. The van der Waals surface area contributed by atoms with Gasteiger partial charge in [-0.15, -0.1) is 11.3 Å². The van der Waals surface area contributed by atoms with E-state index < -0.39 is 11.7 Å². The summed E-state index contributed by atoms with van der Waals surface area (Å²) in [7, 11) is 0. The lowest BCUT2D eigenvalue weighted by atomic mass is 9.91. The number of likely N-dealkylation sites (tertiary alicyclic amines) is 1. The zero-order valence-electron chi connectivity index (χ0n) is 15.2. The quantitative estimate of drug-likeness (QED) is 0.629. The number of rotatable bonds is 2. The van der Waals surface area contributed by atoms with Crippen LogP contribution in [0.2, 0.25) is 0 Å². The topological polar surface area (TPSA) is 72.1 Å². The van der Waals surface area contributed by atoms with Crippen LogP contribution in [-0.4, -0.2) is 39.0 Å². The zero-order valence-corrected chi connectivity index (χ0v) is 16.0. The lowest BCUT2D eigenvalue weighted by Crippen LogP contribution is -2.39. The number of aromatic nitrogens is 3. The van der Waals surface area contributed by atoms with Gasteiger partial charge in [0, 0.05) is 24.7 Å². The first-order valence-electron chi connectivity index (χ1n) is 8.79. The summed E-state index contributed by atoms with van der Waals surface area (Å²) in [5.41, 5.74) is 1.77. The van der Waals surface area contributed by atoms with Crippen LogP contribution >= 0.6 is 11.3 Å². The molecule has 0 N–H and O–H groups in total. The number of aryl methyl sites for hydroxylation is 2. The molecule has 148 valence electrons. The van der Waals surface area contributed by atoms with E-state index in [0.717, 1.165) is 6.07 Å². The number of fused-ring (bicyclic) bond motifs is 1. The molecule has 28 heavy (non-hydrogen) atoms. The van der Waals surface area contributed by atoms with Gasteiger partial charge in [0.25, 0.3) is 11.6 Å². The van der Waals surface area contributed by atoms with E-state index in [2.05, 4.69) is 15.1 Å². The Bertz CT molecular complexity index is 1040. The van der Waals surface area contributed by atoms with Gasteiger partial charge in [-0.3, -0.25) is 4.79 Å². The normalized spacial score (nSPS) is 18.0. The average molecular weight is 410 g/mol. The Morgan fingerprint density at radius 3 is 2.82 bits per heavy atom. The largest absolute Gasteiger partial charge is 0.417 e. The van der Waals surface area contributed by atoms with E-state index in [4.69, 9.17) is 4.52 Å². The van der Waals surface area contributed by atoms with Crippen molar-refractivity contribution in [2.75, 3.05) is 13.1 Å². The number of thiazole rings is 1. The smallest absolute Gasteiger partial charge is 0.337 e. The lowest BCUT2D eigenvalue weighted by Gasteiger charge is -2.31. The lowest BCUT2D eigenvalue weighted by molar-refractivity contribution is -0.136. The molecule has 1 aliphatic heterocycles. The monoisotopic (exact) mass is 410 g/mol. The van der Waals surface area contributed by atoms with Crippen molar-refractivity contribution in [2.45, 2.75) is 38.8 Å². The van der Waals surface area contributed by atoms with Crippen molar-refractivity contribution in [1.29, 1.82) is 0 Å². The first-order valence-corrected chi connectivity index (χ1v) is 9.67. The molecular weight excluding hydrogens is 393 g/mol. The van der Waals surface area contributed by atoms with Crippen LogP contribution in [0.1, 0.15) is 51.1 Å². The summed E-state index contributed by atoms with van der Waals surface area (Å²) in [6.07, 6.45) is -3.25. The van der Waals surface area contributed by atoms with Gasteiger partial charge >= 0.3 is 6.18 Å². The molecule has 4 rings (SSSR count). The van der Waals surface area contributed by atoms with Crippen LogP contribution in [0.15, 0.2) is 16.1 Å². The van der Waals surface area contributed by atoms with Crippen LogP contribution in [0, 0.1) is 13.8 Å². The van der Waals surface area contributed by atoms with Gasteiger partial charge in [-0.25, -0.2) is 9.97 Å². The van der Waals surface area contributed by atoms with E-state index in [-0.39, 0.29) is 40.9 Å². The number of piperidine rings is 1. The summed E-state index contributed by atoms with van der Waals surface area (Å²) in [5, 5.41) is 3.82. The minimum atomic E-state index is -4.55. The molecule has 6 nitrogen and oxygen atoms in total. The standard InChI is InChI=1S/C18H17F3N4O2S/c1-9-6-12(18(19,20)21)13-14(24-27-16(13)23-9)11-4-3-5-25(7-11)17(26)15-10(2)22-8-28-15/h6,8,11H,3-5,7H2,1-2H3/t11-/m0/s1. The van der Waals surface area contributed by atoms with Gasteiger partial charge in [0.15, 0.2) is 0 Å². The van der Waals surface area contributed by atoms with E-state index in [1.165, 1.54) is 18.3 Å². The molecule has 3 aromatic rings.